The number of aromatic amines is 1. The number of fused-ring (bicyclic) bond motifs is 1. The number of hydrogen-bond donors (Lipinski definition) is 2. The number of Topliss-reactive ketones (excluding diaryl/α,β-unsaturated/α-hetero) is 1. The van der Waals surface area contributed by atoms with Crippen molar-refractivity contribution in [2.45, 2.75) is 6.92 Å². The van der Waals surface area contributed by atoms with Gasteiger partial charge in [-0.1, -0.05) is 0 Å². The van der Waals surface area contributed by atoms with Crippen LogP contribution in [0.5, 0.6) is 0 Å². The molecule has 22 heavy (non-hydrogen) atoms. The molecule has 0 unspecified atom stereocenters. The van der Waals surface area contributed by atoms with E-state index in [9.17, 15) is 9.59 Å². The lowest BCUT2D eigenvalue weighted by Crippen LogP contribution is -2.15. The Morgan fingerprint density at radius 3 is 2.77 bits per heavy atom. The minimum absolute atomic E-state index is 0.0832. The number of H-pyrrole nitrogens is 1. The van der Waals surface area contributed by atoms with Crippen LogP contribution in [-0.2, 0) is 7.05 Å². The second-order valence-corrected chi connectivity index (χ2v) is 5.33. The number of nitrogens with one attached hydrogen (secondary N) is 2. The number of amides is 1. The van der Waals surface area contributed by atoms with Crippen LogP contribution in [0.15, 0.2) is 34.9 Å². The molecular weight excluding hydrogens is 302 g/mol. The summed E-state index contributed by atoms with van der Waals surface area (Å²) in [5, 5.41) is 2.77. The van der Waals surface area contributed by atoms with E-state index in [1.54, 1.807) is 42.1 Å². The Bertz CT molecular complexity index is 948. The normalized spacial score (nSPS) is 10.8. The SMILES string of the molecule is CC(=O)c1cc(C(=O)Nc2ccc3[nH]c(=S)oc3c2)n(C)c1. The van der Waals surface area contributed by atoms with Crippen molar-refractivity contribution >= 4 is 40.7 Å². The Morgan fingerprint density at radius 1 is 1.32 bits per heavy atom. The predicted octanol–water partition coefficient (Wildman–Crippen LogP) is 3.28. The maximum absolute atomic E-state index is 12.3. The first kappa shape index (κ1) is 14.3. The van der Waals surface area contributed by atoms with Crippen molar-refractivity contribution < 1.29 is 14.0 Å². The molecule has 112 valence electrons. The molecule has 7 heteroatoms. The van der Waals surface area contributed by atoms with Gasteiger partial charge in [-0.05, 0) is 37.3 Å². The lowest BCUT2D eigenvalue weighted by Gasteiger charge is -2.05. The van der Waals surface area contributed by atoms with Crippen molar-refractivity contribution in [3.05, 3.63) is 46.6 Å². The number of nitrogens with zero attached hydrogens (tertiary/aromatic N) is 1. The summed E-state index contributed by atoms with van der Waals surface area (Å²) in [6, 6.07) is 6.78. The largest absolute Gasteiger partial charge is 0.429 e. The third-order valence-corrected chi connectivity index (χ3v) is 3.51. The van der Waals surface area contributed by atoms with Gasteiger partial charge in [0.2, 0.25) is 0 Å². The van der Waals surface area contributed by atoms with Crippen LogP contribution in [0.3, 0.4) is 0 Å². The molecule has 3 rings (SSSR count). The van der Waals surface area contributed by atoms with Crippen molar-refractivity contribution in [2.75, 3.05) is 5.32 Å². The van der Waals surface area contributed by atoms with Crippen molar-refractivity contribution in [1.29, 1.82) is 0 Å². The van der Waals surface area contributed by atoms with E-state index < -0.39 is 0 Å². The molecule has 2 aromatic heterocycles. The van der Waals surface area contributed by atoms with E-state index in [2.05, 4.69) is 10.3 Å². The predicted molar refractivity (Wildman–Crippen MR) is 84.8 cm³/mol. The Hall–Kier alpha value is -2.67. The van der Waals surface area contributed by atoms with E-state index in [0.717, 1.165) is 5.52 Å². The minimum Gasteiger partial charge on any atom is -0.429 e. The van der Waals surface area contributed by atoms with Gasteiger partial charge in [0.15, 0.2) is 11.4 Å². The number of aryl methyl sites for hydroxylation is 1. The summed E-state index contributed by atoms with van der Waals surface area (Å²) in [6.07, 6.45) is 1.63. The van der Waals surface area contributed by atoms with Gasteiger partial charge in [0.1, 0.15) is 5.69 Å². The molecule has 0 aliphatic heterocycles. The number of benzene rings is 1. The zero-order chi connectivity index (χ0) is 15.9. The number of aromatic nitrogens is 2. The second-order valence-electron chi connectivity index (χ2n) is 4.96. The van der Waals surface area contributed by atoms with Gasteiger partial charge in [0.05, 0.1) is 5.52 Å². The molecule has 3 aromatic rings. The van der Waals surface area contributed by atoms with Crippen LogP contribution in [0.1, 0.15) is 27.8 Å². The lowest BCUT2D eigenvalue weighted by atomic mass is 10.2. The van der Waals surface area contributed by atoms with Gasteiger partial charge in [-0.2, -0.15) is 0 Å². The molecule has 2 heterocycles. The van der Waals surface area contributed by atoms with Gasteiger partial charge in [-0.15, -0.1) is 0 Å². The molecular formula is C15H13N3O3S. The van der Waals surface area contributed by atoms with E-state index in [1.807, 2.05) is 0 Å². The molecule has 2 N–H and O–H groups in total. The van der Waals surface area contributed by atoms with Crippen LogP contribution in [0, 0.1) is 4.84 Å². The van der Waals surface area contributed by atoms with Crippen molar-refractivity contribution in [3.8, 4) is 0 Å². The van der Waals surface area contributed by atoms with Crippen LogP contribution >= 0.6 is 12.2 Å². The summed E-state index contributed by atoms with van der Waals surface area (Å²) >= 11 is 4.92. The molecule has 0 aliphatic rings. The van der Waals surface area contributed by atoms with Crippen molar-refractivity contribution in [3.63, 3.8) is 0 Å². The average Bonchev–Trinajstić information content (AvgIpc) is 3.00. The van der Waals surface area contributed by atoms with Gasteiger partial charge in [0, 0.05) is 30.6 Å². The van der Waals surface area contributed by atoms with Gasteiger partial charge in [-0.25, -0.2) is 0 Å². The number of oxazole rings is 1. The van der Waals surface area contributed by atoms with Gasteiger partial charge < -0.3 is 19.3 Å². The fourth-order valence-corrected chi connectivity index (χ4v) is 2.40. The Morgan fingerprint density at radius 2 is 2.09 bits per heavy atom. The summed E-state index contributed by atoms with van der Waals surface area (Å²) in [5.41, 5.74) is 2.82. The standard InChI is InChI=1S/C15H13N3O3S/c1-8(19)9-5-12(18(2)7-9)14(20)16-10-3-4-11-13(6-10)21-15(22)17-11/h3-7H,1-2H3,(H,16,20)(H,17,22). The van der Waals surface area contributed by atoms with E-state index >= 15 is 0 Å². The lowest BCUT2D eigenvalue weighted by molar-refractivity contribution is 0.101. The molecule has 1 aromatic carbocycles. The second kappa shape index (κ2) is 5.27. The third kappa shape index (κ3) is 2.58. The van der Waals surface area contributed by atoms with E-state index in [0.29, 0.717) is 22.5 Å². The highest BCUT2D eigenvalue weighted by molar-refractivity contribution is 7.71. The van der Waals surface area contributed by atoms with Crippen LogP contribution in [0.2, 0.25) is 0 Å². The van der Waals surface area contributed by atoms with E-state index in [1.165, 1.54) is 6.92 Å². The molecule has 0 fully saturated rings. The van der Waals surface area contributed by atoms with Crippen LogP contribution in [0.25, 0.3) is 11.1 Å². The van der Waals surface area contributed by atoms with Gasteiger partial charge in [-0.3, -0.25) is 9.59 Å². The summed E-state index contributed by atoms with van der Waals surface area (Å²) in [4.78, 5) is 26.9. The number of anilines is 1. The molecule has 1 amide bonds. The maximum Gasteiger partial charge on any atom is 0.272 e. The van der Waals surface area contributed by atoms with E-state index in [-0.39, 0.29) is 16.5 Å². The molecule has 0 saturated carbocycles. The molecule has 0 spiro atoms. The van der Waals surface area contributed by atoms with Crippen LogP contribution in [0.4, 0.5) is 5.69 Å². The number of rotatable bonds is 3. The molecule has 0 radical (unpaired) electrons. The summed E-state index contributed by atoms with van der Waals surface area (Å²) in [6.45, 7) is 1.46. The fourth-order valence-electron chi connectivity index (χ4n) is 2.20. The first-order valence-electron chi connectivity index (χ1n) is 6.55. The van der Waals surface area contributed by atoms with Crippen molar-refractivity contribution in [2.24, 2.45) is 7.05 Å². The number of hydrogen-bond acceptors (Lipinski definition) is 4. The summed E-state index contributed by atoms with van der Waals surface area (Å²) in [7, 11) is 1.72. The third-order valence-electron chi connectivity index (χ3n) is 3.32. The monoisotopic (exact) mass is 315 g/mol. The topological polar surface area (TPSA) is 80.0 Å². The number of carbonyl (C=O) groups excluding carboxylic acids is 2. The number of carbonyl (C=O) groups is 2. The molecule has 0 saturated heterocycles. The Kier molecular flexibility index (Phi) is 3.42. The molecule has 0 bridgehead atoms. The Balaban J connectivity index is 1.89. The summed E-state index contributed by atoms with van der Waals surface area (Å²) in [5.74, 6) is -0.386. The van der Waals surface area contributed by atoms with Crippen LogP contribution < -0.4 is 5.32 Å². The number of ketones is 1. The average molecular weight is 315 g/mol. The van der Waals surface area contributed by atoms with Gasteiger partial charge >= 0.3 is 0 Å². The first-order valence-corrected chi connectivity index (χ1v) is 6.96. The first-order chi connectivity index (χ1) is 10.4. The summed E-state index contributed by atoms with van der Waals surface area (Å²) < 4.78 is 6.93. The van der Waals surface area contributed by atoms with E-state index in [4.69, 9.17) is 16.6 Å². The fraction of sp³-hybridized carbons (Fsp3) is 0.133. The highest BCUT2D eigenvalue weighted by Crippen LogP contribution is 2.19. The minimum atomic E-state index is -0.302. The highest BCUT2D eigenvalue weighted by atomic mass is 32.1. The van der Waals surface area contributed by atoms with Gasteiger partial charge in [0.25, 0.3) is 10.7 Å². The smallest absolute Gasteiger partial charge is 0.272 e. The zero-order valence-electron chi connectivity index (χ0n) is 12.0. The molecule has 6 nitrogen and oxygen atoms in total. The van der Waals surface area contributed by atoms with Crippen molar-refractivity contribution in [1.82, 2.24) is 9.55 Å². The maximum atomic E-state index is 12.3. The van der Waals surface area contributed by atoms with Crippen LogP contribution in [-0.4, -0.2) is 21.2 Å². The zero-order valence-corrected chi connectivity index (χ0v) is 12.8. The molecule has 0 atom stereocenters. The Labute approximate surface area is 130 Å². The highest BCUT2D eigenvalue weighted by Gasteiger charge is 2.14. The quantitative estimate of drug-likeness (QED) is 0.574. The molecule has 0 aliphatic carbocycles.